The van der Waals surface area contributed by atoms with Crippen LogP contribution in [0.5, 0.6) is 0 Å². The molecule has 33 heavy (non-hydrogen) atoms. The van der Waals surface area contributed by atoms with E-state index in [9.17, 15) is 4.79 Å². The zero-order valence-electron chi connectivity index (χ0n) is 19.1. The molecule has 4 rings (SSSR count). The monoisotopic (exact) mass is 516 g/mol. The van der Waals surface area contributed by atoms with Gasteiger partial charge in [0.15, 0.2) is 0 Å². The van der Waals surface area contributed by atoms with E-state index in [1.54, 1.807) is 6.20 Å². The van der Waals surface area contributed by atoms with Crippen LogP contribution < -0.4 is 10.5 Å². The van der Waals surface area contributed by atoms with E-state index in [0.717, 1.165) is 33.5 Å². The van der Waals surface area contributed by atoms with Crippen LogP contribution in [0.1, 0.15) is 12.0 Å². The SMILES string of the molecule is C[Si](C)(CC(CC(=O)Nc1cccc2cccnc12)Cc1ccc(Br)cc1)c1ccccc1. The van der Waals surface area contributed by atoms with Crippen molar-refractivity contribution in [2.75, 3.05) is 5.32 Å². The van der Waals surface area contributed by atoms with Gasteiger partial charge in [-0.15, -0.1) is 0 Å². The Morgan fingerprint density at radius 3 is 2.42 bits per heavy atom. The van der Waals surface area contributed by atoms with Gasteiger partial charge in [-0.2, -0.15) is 0 Å². The summed E-state index contributed by atoms with van der Waals surface area (Å²) in [7, 11) is -1.71. The van der Waals surface area contributed by atoms with Crippen LogP contribution >= 0.6 is 15.9 Å². The molecule has 0 bridgehead atoms. The smallest absolute Gasteiger partial charge is 0.224 e. The van der Waals surface area contributed by atoms with Crippen LogP contribution in [0, 0.1) is 5.92 Å². The topological polar surface area (TPSA) is 42.0 Å². The van der Waals surface area contributed by atoms with Crippen LogP contribution in [0.4, 0.5) is 5.69 Å². The van der Waals surface area contributed by atoms with E-state index >= 15 is 0 Å². The van der Waals surface area contributed by atoms with Crippen molar-refractivity contribution < 1.29 is 4.79 Å². The predicted molar refractivity (Wildman–Crippen MR) is 145 cm³/mol. The van der Waals surface area contributed by atoms with E-state index in [1.807, 2.05) is 30.3 Å². The first-order chi connectivity index (χ1) is 15.9. The summed E-state index contributed by atoms with van der Waals surface area (Å²) in [6.45, 7) is 4.81. The zero-order chi connectivity index (χ0) is 23.3. The maximum Gasteiger partial charge on any atom is 0.224 e. The van der Waals surface area contributed by atoms with Crippen LogP contribution in [0.15, 0.2) is 95.6 Å². The molecule has 0 radical (unpaired) electrons. The number of carbonyl (C=O) groups is 1. The lowest BCUT2D eigenvalue weighted by Crippen LogP contribution is -2.43. The fraction of sp³-hybridized carbons (Fsp3) is 0.214. The number of fused-ring (bicyclic) bond motifs is 1. The Labute approximate surface area is 205 Å². The van der Waals surface area contributed by atoms with E-state index in [1.165, 1.54) is 10.8 Å². The van der Waals surface area contributed by atoms with Gasteiger partial charge in [0.1, 0.15) is 0 Å². The molecule has 0 aliphatic heterocycles. The summed E-state index contributed by atoms with van der Waals surface area (Å²) in [5.74, 6) is 0.309. The fourth-order valence-corrected chi connectivity index (χ4v) is 7.89. The molecular formula is C28H29BrN2OSi. The van der Waals surface area contributed by atoms with Crippen molar-refractivity contribution in [3.05, 3.63) is 101 Å². The number of carbonyl (C=O) groups excluding carboxylic acids is 1. The Hall–Kier alpha value is -2.76. The van der Waals surface area contributed by atoms with E-state index in [2.05, 4.69) is 93.9 Å². The van der Waals surface area contributed by atoms with Gasteiger partial charge in [-0.1, -0.05) is 94.9 Å². The number of amides is 1. The second-order valence-corrected chi connectivity index (χ2v) is 15.0. The third-order valence-electron chi connectivity index (χ3n) is 6.17. The molecule has 1 N–H and O–H groups in total. The second-order valence-electron chi connectivity index (χ2n) is 9.28. The highest BCUT2D eigenvalue weighted by molar-refractivity contribution is 9.10. The minimum absolute atomic E-state index is 0.0492. The van der Waals surface area contributed by atoms with Crippen LogP contribution in [0.2, 0.25) is 19.1 Å². The molecule has 1 unspecified atom stereocenters. The summed E-state index contributed by atoms with van der Waals surface area (Å²) in [6.07, 6.45) is 3.14. The third-order valence-corrected chi connectivity index (χ3v) is 10.2. The first-order valence-corrected chi connectivity index (χ1v) is 15.3. The molecule has 0 saturated carbocycles. The van der Waals surface area contributed by atoms with Crippen molar-refractivity contribution in [1.82, 2.24) is 4.98 Å². The molecular weight excluding hydrogens is 488 g/mol. The van der Waals surface area contributed by atoms with Gasteiger partial charge in [0.05, 0.1) is 19.3 Å². The van der Waals surface area contributed by atoms with Gasteiger partial charge in [0.25, 0.3) is 0 Å². The largest absolute Gasteiger partial charge is 0.324 e. The van der Waals surface area contributed by atoms with Crippen molar-refractivity contribution >= 4 is 51.7 Å². The average Bonchev–Trinajstić information content (AvgIpc) is 2.81. The molecule has 1 amide bonds. The van der Waals surface area contributed by atoms with Gasteiger partial charge in [0.2, 0.25) is 5.91 Å². The highest BCUT2D eigenvalue weighted by Crippen LogP contribution is 2.27. The minimum Gasteiger partial charge on any atom is -0.324 e. The first kappa shape index (κ1) is 23.4. The number of nitrogens with zero attached hydrogens (tertiary/aromatic N) is 1. The molecule has 0 aliphatic rings. The molecule has 0 saturated heterocycles. The van der Waals surface area contributed by atoms with Crippen LogP contribution in [0.3, 0.4) is 0 Å². The van der Waals surface area contributed by atoms with Crippen molar-refractivity contribution in [2.24, 2.45) is 5.92 Å². The number of hydrogen-bond donors (Lipinski definition) is 1. The molecule has 0 aliphatic carbocycles. The Kier molecular flexibility index (Phi) is 7.41. The van der Waals surface area contributed by atoms with Gasteiger partial charge in [0, 0.05) is 22.5 Å². The second kappa shape index (κ2) is 10.4. The van der Waals surface area contributed by atoms with Gasteiger partial charge in [-0.3, -0.25) is 9.78 Å². The van der Waals surface area contributed by atoms with Gasteiger partial charge < -0.3 is 5.32 Å². The molecule has 0 spiro atoms. The number of benzene rings is 3. The lowest BCUT2D eigenvalue weighted by Gasteiger charge is -2.28. The summed E-state index contributed by atoms with van der Waals surface area (Å²) < 4.78 is 1.07. The maximum absolute atomic E-state index is 13.2. The van der Waals surface area contributed by atoms with E-state index in [-0.39, 0.29) is 11.8 Å². The van der Waals surface area contributed by atoms with Gasteiger partial charge in [-0.25, -0.2) is 0 Å². The van der Waals surface area contributed by atoms with E-state index in [0.29, 0.717) is 6.42 Å². The summed E-state index contributed by atoms with van der Waals surface area (Å²) in [6, 6.07) is 30.1. The number of rotatable bonds is 8. The first-order valence-electron chi connectivity index (χ1n) is 11.3. The highest BCUT2D eigenvalue weighted by atomic mass is 79.9. The van der Waals surface area contributed by atoms with Crippen molar-refractivity contribution in [3.8, 4) is 0 Å². The molecule has 1 aromatic heterocycles. The van der Waals surface area contributed by atoms with Gasteiger partial charge >= 0.3 is 0 Å². The Balaban J connectivity index is 1.54. The molecule has 168 valence electrons. The Morgan fingerprint density at radius 2 is 1.67 bits per heavy atom. The maximum atomic E-state index is 13.2. The Bertz CT molecular complexity index is 1220. The number of pyridine rings is 1. The molecule has 4 aromatic rings. The van der Waals surface area contributed by atoms with Crippen LogP contribution in [-0.4, -0.2) is 19.0 Å². The van der Waals surface area contributed by atoms with Crippen LogP contribution in [-0.2, 0) is 11.2 Å². The average molecular weight is 518 g/mol. The zero-order valence-corrected chi connectivity index (χ0v) is 21.7. The molecule has 1 atom stereocenters. The number of anilines is 1. The fourth-order valence-electron chi connectivity index (χ4n) is 4.57. The molecule has 0 fully saturated rings. The standard InChI is InChI=1S/C28H29BrN2OSi/c1-33(2,25-10-4-3-5-11-25)20-22(18-21-13-15-24(29)16-14-21)19-27(32)31-26-12-6-8-23-9-7-17-30-28(23)26/h3-17,22H,18-20H2,1-2H3,(H,31,32). The summed E-state index contributed by atoms with van der Waals surface area (Å²) in [4.78, 5) is 17.7. The summed E-state index contributed by atoms with van der Waals surface area (Å²) >= 11 is 3.52. The van der Waals surface area contributed by atoms with Crippen molar-refractivity contribution in [3.63, 3.8) is 0 Å². The lowest BCUT2D eigenvalue weighted by molar-refractivity contribution is -0.116. The highest BCUT2D eigenvalue weighted by Gasteiger charge is 2.29. The molecule has 5 heteroatoms. The van der Waals surface area contributed by atoms with E-state index in [4.69, 9.17) is 0 Å². The lowest BCUT2D eigenvalue weighted by atomic mass is 9.97. The van der Waals surface area contributed by atoms with Gasteiger partial charge in [-0.05, 0) is 48.2 Å². The number of para-hydroxylation sites is 1. The van der Waals surface area contributed by atoms with E-state index < -0.39 is 8.07 Å². The summed E-state index contributed by atoms with van der Waals surface area (Å²) in [5, 5.41) is 5.60. The number of nitrogens with one attached hydrogen (secondary N) is 1. The van der Waals surface area contributed by atoms with Crippen molar-refractivity contribution in [2.45, 2.75) is 32.0 Å². The normalized spacial score (nSPS) is 12.5. The molecule has 3 aromatic carbocycles. The number of hydrogen-bond acceptors (Lipinski definition) is 2. The summed E-state index contributed by atoms with van der Waals surface area (Å²) in [5.41, 5.74) is 2.87. The number of aromatic nitrogens is 1. The third kappa shape index (κ3) is 6.18. The number of halogens is 1. The quantitative estimate of drug-likeness (QED) is 0.261. The minimum atomic E-state index is -1.71. The predicted octanol–water partition coefficient (Wildman–Crippen LogP) is 6.80. The van der Waals surface area contributed by atoms with Crippen molar-refractivity contribution in [1.29, 1.82) is 0 Å². The Morgan fingerprint density at radius 1 is 0.939 bits per heavy atom. The molecule has 1 heterocycles. The van der Waals surface area contributed by atoms with Crippen LogP contribution in [0.25, 0.3) is 10.9 Å². The molecule has 3 nitrogen and oxygen atoms in total.